The lowest BCUT2D eigenvalue weighted by Gasteiger charge is -2.33. The van der Waals surface area contributed by atoms with Gasteiger partial charge in [0.25, 0.3) is 5.91 Å². The number of methoxy groups -OCH3 is 1. The molecule has 1 aromatic carbocycles. The zero-order valence-electron chi connectivity index (χ0n) is 15.3. The van der Waals surface area contributed by atoms with Crippen LogP contribution in [0, 0.1) is 5.92 Å². The van der Waals surface area contributed by atoms with E-state index in [1.54, 1.807) is 43.2 Å². The maximum Gasteiger partial charge on any atom is 0.263 e. The third kappa shape index (κ3) is 6.07. The number of halogens is 1. The van der Waals surface area contributed by atoms with E-state index in [-0.39, 0.29) is 30.1 Å². The number of rotatable bonds is 7. The summed E-state index contributed by atoms with van der Waals surface area (Å²) in [6, 6.07) is 7.10. The largest absolute Gasteiger partial charge is 0.497 e. The van der Waals surface area contributed by atoms with E-state index < -0.39 is 6.10 Å². The number of carbonyl (C=O) groups is 2. The van der Waals surface area contributed by atoms with Crippen LogP contribution in [0.5, 0.6) is 11.5 Å². The van der Waals surface area contributed by atoms with Gasteiger partial charge in [0.05, 0.1) is 13.0 Å². The summed E-state index contributed by atoms with van der Waals surface area (Å²) in [5.74, 6) is 1.01. The minimum atomic E-state index is -0.612. The highest BCUT2D eigenvalue weighted by molar-refractivity contribution is 5.85. The van der Waals surface area contributed by atoms with E-state index in [1.807, 2.05) is 0 Å². The van der Waals surface area contributed by atoms with Crippen LogP contribution in [-0.2, 0) is 9.59 Å². The first-order chi connectivity index (χ1) is 12.0. The molecule has 1 aliphatic rings. The van der Waals surface area contributed by atoms with Crippen molar-refractivity contribution in [1.29, 1.82) is 0 Å². The monoisotopic (exact) mass is 385 g/mol. The number of nitrogens with two attached hydrogens (primary N) is 1. The van der Waals surface area contributed by atoms with Crippen LogP contribution < -0.4 is 20.5 Å². The Morgan fingerprint density at radius 2 is 1.96 bits per heavy atom. The predicted octanol–water partition coefficient (Wildman–Crippen LogP) is 1.20. The molecule has 146 valence electrons. The molecular formula is C18H28ClN3O4. The molecule has 1 aliphatic heterocycles. The van der Waals surface area contributed by atoms with Gasteiger partial charge < -0.3 is 25.4 Å². The molecule has 2 rings (SSSR count). The van der Waals surface area contributed by atoms with Crippen molar-refractivity contribution in [3.8, 4) is 11.5 Å². The number of ether oxygens (including phenoxy) is 2. The van der Waals surface area contributed by atoms with Crippen molar-refractivity contribution in [3.63, 3.8) is 0 Å². The van der Waals surface area contributed by atoms with E-state index in [0.29, 0.717) is 31.9 Å². The number of hydrogen-bond acceptors (Lipinski definition) is 5. The molecule has 0 aromatic heterocycles. The number of piperidine rings is 1. The molecule has 2 amide bonds. The van der Waals surface area contributed by atoms with Gasteiger partial charge in [-0.25, -0.2) is 0 Å². The van der Waals surface area contributed by atoms with Gasteiger partial charge in [0.2, 0.25) is 5.91 Å². The summed E-state index contributed by atoms with van der Waals surface area (Å²) < 4.78 is 10.8. The first-order valence-corrected chi connectivity index (χ1v) is 8.62. The summed E-state index contributed by atoms with van der Waals surface area (Å²) >= 11 is 0. The zero-order chi connectivity index (χ0) is 18.2. The Kier molecular flexibility index (Phi) is 9.23. The van der Waals surface area contributed by atoms with Crippen LogP contribution in [0.1, 0.15) is 19.8 Å². The second-order valence-electron chi connectivity index (χ2n) is 6.14. The molecule has 0 bridgehead atoms. The quantitative estimate of drug-likeness (QED) is 0.735. The van der Waals surface area contributed by atoms with Crippen LogP contribution in [0.3, 0.4) is 0 Å². The Labute approximate surface area is 160 Å². The molecule has 0 spiro atoms. The molecule has 2 unspecified atom stereocenters. The highest BCUT2D eigenvalue weighted by atomic mass is 35.5. The van der Waals surface area contributed by atoms with E-state index in [1.165, 1.54) is 0 Å². The van der Waals surface area contributed by atoms with Gasteiger partial charge in [-0.2, -0.15) is 0 Å². The van der Waals surface area contributed by atoms with Crippen LogP contribution in [0.15, 0.2) is 24.3 Å². The van der Waals surface area contributed by atoms with Gasteiger partial charge in [-0.1, -0.05) is 0 Å². The minimum Gasteiger partial charge on any atom is -0.497 e. The Balaban J connectivity index is 0.00000338. The van der Waals surface area contributed by atoms with Crippen molar-refractivity contribution >= 4 is 24.2 Å². The topological polar surface area (TPSA) is 93.9 Å². The van der Waals surface area contributed by atoms with Crippen molar-refractivity contribution < 1.29 is 19.1 Å². The standard InChI is InChI=1S/C18H27N3O4.ClH/c1-13(25-16-7-5-15(24-2)6-8-16)18(23)21-11-3-4-14(12-21)17(22)20-10-9-19;/h5-8,13-14H,3-4,9-12,19H2,1-2H3,(H,20,22);1H. The lowest BCUT2D eigenvalue weighted by Crippen LogP contribution is -2.49. The van der Waals surface area contributed by atoms with Crippen LogP contribution in [-0.4, -0.2) is 56.1 Å². The van der Waals surface area contributed by atoms with Gasteiger partial charge in [0, 0.05) is 26.2 Å². The molecule has 3 N–H and O–H groups in total. The van der Waals surface area contributed by atoms with Crippen LogP contribution in [0.25, 0.3) is 0 Å². The molecule has 0 aliphatic carbocycles. The lowest BCUT2D eigenvalue weighted by molar-refractivity contribution is -0.141. The number of benzene rings is 1. The first-order valence-electron chi connectivity index (χ1n) is 8.62. The molecule has 7 nitrogen and oxygen atoms in total. The van der Waals surface area contributed by atoms with Crippen LogP contribution in [0.2, 0.25) is 0 Å². The fourth-order valence-electron chi connectivity index (χ4n) is 2.90. The highest BCUT2D eigenvalue weighted by Gasteiger charge is 2.30. The summed E-state index contributed by atoms with van der Waals surface area (Å²) in [5.41, 5.74) is 5.41. The van der Waals surface area contributed by atoms with E-state index in [9.17, 15) is 9.59 Å². The summed E-state index contributed by atoms with van der Waals surface area (Å²) in [6.45, 7) is 3.67. The maximum atomic E-state index is 12.6. The predicted molar refractivity (Wildman–Crippen MR) is 102 cm³/mol. The van der Waals surface area contributed by atoms with Crippen LogP contribution in [0.4, 0.5) is 0 Å². The number of amides is 2. The van der Waals surface area contributed by atoms with E-state index >= 15 is 0 Å². The van der Waals surface area contributed by atoms with Gasteiger partial charge in [-0.05, 0) is 44.0 Å². The SMILES string of the molecule is COc1ccc(OC(C)C(=O)N2CCCC(C(=O)NCCN)C2)cc1.Cl. The lowest BCUT2D eigenvalue weighted by atomic mass is 9.96. The van der Waals surface area contributed by atoms with Crippen molar-refractivity contribution in [2.75, 3.05) is 33.3 Å². The third-order valence-corrected chi connectivity index (χ3v) is 4.27. The van der Waals surface area contributed by atoms with Gasteiger partial charge in [-0.15, -0.1) is 12.4 Å². The fourth-order valence-corrected chi connectivity index (χ4v) is 2.90. The number of hydrogen-bond donors (Lipinski definition) is 2. The zero-order valence-corrected chi connectivity index (χ0v) is 16.1. The van der Waals surface area contributed by atoms with E-state index in [4.69, 9.17) is 15.2 Å². The molecule has 8 heteroatoms. The van der Waals surface area contributed by atoms with Crippen LogP contribution >= 0.6 is 12.4 Å². The van der Waals surface area contributed by atoms with Gasteiger partial charge in [0.15, 0.2) is 6.10 Å². The number of nitrogens with zero attached hydrogens (tertiary/aromatic N) is 1. The molecule has 2 atom stereocenters. The summed E-state index contributed by atoms with van der Waals surface area (Å²) in [6.07, 6.45) is 0.981. The Hall–Kier alpha value is -1.99. The Bertz CT molecular complexity index is 582. The fraction of sp³-hybridized carbons (Fsp3) is 0.556. The van der Waals surface area contributed by atoms with E-state index in [0.717, 1.165) is 18.6 Å². The maximum absolute atomic E-state index is 12.6. The van der Waals surface area contributed by atoms with Crippen molar-refractivity contribution in [1.82, 2.24) is 10.2 Å². The van der Waals surface area contributed by atoms with Crippen molar-refractivity contribution in [2.24, 2.45) is 11.7 Å². The summed E-state index contributed by atoms with van der Waals surface area (Å²) in [7, 11) is 1.60. The second kappa shape index (κ2) is 10.9. The molecule has 1 saturated heterocycles. The number of carbonyl (C=O) groups excluding carboxylic acids is 2. The smallest absolute Gasteiger partial charge is 0.263 e. The summed E-state index contributed by atoms with van der Waals surface area (Å²) in [4.78, 5) is 26.4. The number of likely N-dealkylation sites (tertiary alicyclic amines) is 1. The Morgan fingerprint density at radius 1 is 1.31 bits per heavy atom. The first kappa shape index (κ1) is 22.1. The third-order valence-electron chi connectivity index (χ3n) is 4.27. The molecular weight excluding hydrogens is 358 g/mol. The van der Waals surface area contributed by atoms with Gasteiger partial charge in [-0.3, -0.25) is 9.59 Å². The normalized spacial score (nSPS) is 17.7. The average molecular weight is 386 g/mol. The van der Waals surface area contributed by atoms with E-state index in [2.05, 4.69) is 5.32 Å². The molecule has 1 heterocycles. The molecule has 26 heavy (non-hydrogen) atoms. The molecule has 0 saturated carbocycles. The molecule has 0 radical (unpaired) electrons. The summed E-state index contributed by atoms with van der Waals surface area (Å²) in [5, 5.41) is 2.80. The second-order valence-corrected chi connectivity index (χ2v) is 6.14. The minimum absolute atomic E-state index is 0. The van der Waals surface area contributed by atoms with Gasteiger partial charge in [0.1, 0.15) is 11.5 Å². The molecule has 1 aromatic rings. The number of nitrogens with one attached hydrogen (secondary N) is 1. The highest BCUT2D eigenvalue weighted by Crippen LogP contribution is 2.21. The van der Waals surface area contributed by atoms with Crippen molar-refractivity contribution in [3.05, 3.63) is 24.3 Å². The average Bonchev–Trinajstić information content (AvgIpc) is 2.66. The molecule has 1 fully saturated rings. The Morgan fingerprint density at radius 3 is 2.58 bits per heavy atom. The van der Waals surface area contributed by atoms with Crippen molar-refractivity contribution in [2.45, 2.75) is 25.9 Å². The van der Waals surface area contributed by atoms with Gasteiger partial charge >= 0.3 is 0 Å².